The summed E-state index contributed by atoms with van der Waals surface area (Å²) >= 11 is 0. The van der Waals surface area contributed by atoms with Gasteiger partial charge >= 0.3 is 0 Å². The van der Waals surface area contributed by atoms with Crippen LogP contribution in [0.25, 0.3) is 11.1 Å². The number of nitrogens with zero attached hydrogens (tertiary/aromatic N) is 2. The fourth-order valence-electron chi connectivity index (χ4n) is 2.74. The number of pyridine rings is 1. The number of aromatic nitrogens is 2. The highest BCUT2D eigenvalue weighted by Crippen LogP contribution is 2.22. The molecule has 3 rings (SSSR count). The fraction of sp³-hybridized carbons (Fsp3) is 0.200. The Hall–Kier alpha value is -2.88. The lowest BCUT2D eigenvalue weighted by Gasteiger charge is -2.14. The zero-order valence-electron chi connectivity index (χ0n) is 13.9. The Morgan fingerprint density at radius 3 is 2.62 bits per heavy atom. The number of hydrogen-bond acceptors (Lipinski definition) is 2. The van der Waals surface area contributed by atoms with Crippen LogP contribution in [0.2, 0.25) is 0 Å². The molecule has 24 heavy (non-hydrogen) atoms. The Morgan fingerprint density at radius 1 is 1.17 bits per heavy atom. The first kappa shape index (κ1) is 16.0. The van der Waals surface area contributed by atoms with Gasteiger partial charge < -0.3 is 9.88 Å². The van der Waals surface area contributed by atoms with Crippen LogP contribution in [0.15, 0.2) is 67.1 Å². The second kappa shape index (κ2) is 7.13. The average molecular weight is 319 g/mol. The van der Waals surface area contributed by atoms with Gasteiger partial charge in [-0.1, -0.05) is 36.4 Å². The third kappa shape index (κ3) is 3.38. The van der Waals surface area contributed by atoms with Gasteiger partial charge in [-0.25, -0.2) is 0 Å². The molecule has 1 amide bonds. The number of amides is 1. The summed E-state index contributed by atoms with van der Waals surface area (Å²) in [6.07, 6.45) is 5.53. The molecule has 3 aromatic rings. The molecule has 0 aliphatic rings. The number of benzene rings is 1. The van der Waals surface area contributed by atoms with Crippen molar-refractivity contribution in [2.75, 3.05) is 0 Å². The van der Waals surface area contributed by atoms with Crippen LogP contribution in [0.5, 0.6) is 0 Å². The zero-order chi connectivity index (χ0) is 16.9. The van der Waals surface area contributed by atoms with Crippen LogP contribution in [-0.2, 0) is 6.54 Å². The Labute approximate surface area is 142 Å². The number of nitrogens with one attached hydrogen (secondary N) is 1. The molecule has 1 N–H and O–H groups in total. The van der Waals surface area contributed by atoms with E-state index >= 15 is 0 Å². The van der Waals surface area contributed by atoms with E-state index in [-0.39, 0.29) is 11.9 Å². The lowest BCUT2D eigenvalue weighted by Crippen LogP contribution is -2.28. The molecule has 1 unspecified atom stereocenters. The molecule has 0 radical (unpaired) electrons. The summed E-state index contributed by atoms with van der Waals surface area (Å²) in [6.45, 7) is 4.75. The molecule has 0 aliphatic carbocycles. The van der Waals surface area contributed by atoms with Crippen LogP contribution in [0.1, 0.15) is 35.9 Å². The summed E-state index contributed by atoms with van der Waals surface area (Å²) in [5.74, 6) is -0.0737. The highest BCUT2D eigenvalue weighted by molar-refractivity contribution is 5.94. The number of hydrogen-bond donors (Lipinski definition) is 1. The minimum atomic E-state index is -0.0911. The third-order valence-corrected chi connectivity index (χ3v) is 4.11. The predicted octanol–water partition coefficient (Wildman–Crippen LogP) is 4.06. The number of rotatable bonds is 5. The van der Waals surface area contributed by atoms with E-state index in [2.05, 4.69) is 22.4 Å². The van der Waals surface area contributed by atoms with E-state index in [0.717, 1.165) is 23.2 Å². The van der Waals surface area contributed by atoms with Gasteiger partial charge in [-0.2, -0.15) is 0 Å². The zero-order valence-corrected chi connectivity index (χ0v) is 13.9. The first-order chi connectivity index (χ1) is 11.7. The smallest absolute Gasteiger partial charge is 0.268 e. The van der Waals surface area contributed by atoms with Gasteiger partial charge in [0, 0.05) is 30.7 Å². The number of carbonyl (C=O) groups excluding carboxylic acids is 1. The van der Waals surface area contributed by atoms with Gasteiger partial charge in [0.25, 0.3) is 5.91 Å². The Bertz CT molecular complexity index is 809. The van der Waals surface area contributed by atoms with Gasteiger partial charge in [-0.05, 0) is 37.1 Å². The third-order valence-electron chi connectivity index (χ3n) is 4.11. The van der Waals surface area contributed by atoms with E-state index in [1.165, 1.54) is 0 Å². The molecule has 0 aliphatic heterocycles. The Kier molecular flexibility index (Phi) is 4.75. The van der Waals surface area contributed by atoms with Gasteiger partial charge in [0.05, 0.1) is 6.04 Å². The highest BCUT2D eigenvalue weighted by Gasteiger charge is 2.16. The maximum Gasteiger partial charge on any atom is 0.268 e. The standard InChI is InChI=1S/C20H21N3O/c1-3-23-14-18(16-8-5-4-6-9-16)12-19(23)20(24)22-15(2)17-10-7-11-21-13-17/h4-15H,3H2,1-2H3,(H,22,24). The highest BCUT2D eigenvalue weighted by atomic mass is 16.2. The maximum absolute atomic E-state index is 12.7. The van der Waals surface area contributed by atoms with Crippen LogP contribution in [-0.4, -0.2) is 15.5 Å². The predicted molar refractivity (Wildman–Crippen MR) is 95.7 cm³/mol. The molecule has 1 atom stereocenters. The lowest BCUT2D eigenvalue weighted by molar-refractivity contribution is 0.0930. The molecule has 0 saturated heterocycles. The molecule has 4 nitrogen and oxygen atoms in total. The van der Waals surface area contributed by atoms with Crippen molar-refractivity contribution < 1.29 is 4.79 Å². The summed E-state index contributed by atoms with van der Waals surface area (Å²) in [4.78, 5) is 16.8. The summed E-state index contributed by atoms with van der Waals surface area (Å²) in [5, 5.41) is 3.05. The van der Waals surface area contributed by atoms with E-state index in [4.69, 9.17) is 0 Å². The first-order valence-corrected chi connectivity index (χ1v) is 8.15. The monoisotopic (exact) mass is 319 g/mol. The topological polar surface area (TPSA) is 46.9 Å². The Morgan fingerprint density at radius 2 is 1.96 bits per heavy atom. The molecule has 2 heterocycles. The van der Waals surface area contributed by atoms with Gasteiger partial charge in [0.1, 0.15) is 5.69 Å². The molecular weight excluding hydrogens is 298 g/mol. The molecule has 0 spiro atoms. The number of carbonyl (C=O) groups is 1. The van der Waals surface area contributed by atoms with Crippen molar-refractivity contribution >= 4 is 5.91 Å². The normalized spacial score (nSPS) is 11.9. The average Bonchev–Trinajstić information content (AvgIpc) is 3.08. The summed E-state index contributed by atoms with van der Waals surface area (Å²) in [7, 11) is 0. The van der Waals surface area contributed by atoms with Gasteiger partial charge in [-0.3, -0.25) is 9.78 Å². The molecule has 0 bridgehead atoms. The SMILES string of the molecule is CCn1cc(-c2ccccc2)cc1C(=O)NC(C)c1cccnc1. The van der Waals surface area contributed by atoms with Crippen LogP contribution < -0.4 is 5.32 Å². The molecule has 2 aromatic heterocycles. The first-order valence-electron chi connectivity index (χ1n) is 8.15. The van der Waals surface area contributed by atoms with Crippen molar-refractivity contribution in [1.29, 1.82) is 0 Å². The van der Waals surface area contributed by atoms with E-state index in [9.17, 15) is 4.79 Å². The largest absolute Gasteiger partial charge is 0.344 e. The van der Waals surface area contributed by atoms with E-state index < -0.39 is 0 Å². The van der Waals surface area contributed by atoms with Crippen LogP contribution in [0.4, 0.5) is 0 Å². The quantitative estimate of drug-likeness (QED) is 0.771. The van der Waals surface area contributed by atoms with Crippen molar-refractivity contribution in [1.82, 2.24) is 14.9 Å². The molecule has 4 heteroatoms. The molecule has 122 valence electrons. The second-order valence-electron chi connectivity index (χ2n) is 5.75. The molecule has 0 saturated carbocycles. The summed E-state index contributed by atoms with van der Waals surface area (Å²) < 4.78 is 1.98. The Balaban J connectivity index is 1.83. The summed E-state index contributed by atoms with van der Waals surface area (Å²) in [6, 6.07) is 15.8. The molecular formula is C20H21N3O. The van der Waals surface area contributed by atoms with Crippen LogP contribution in [0.3, 0.4) is 0 Å². The van der Waals surface area contributed by atoms with Crippen molar-refractivity contribution in [3.63, 3.8) is 0 Å². The second-order valence-corrected chi connectivity index (χ2v) is 5.75. The van der Waals surface area contributed by atoms with Crippen LogP contribution >= 0.6 is 0 Å². The van der Waals surface area contributed by atoms with Crippen molar-refractivity contribution in [3.8, 4) is 11.1 Å². The molecule has 0 fully saturated rings. The minimum absolute atomic E-state index is 0.0737. The van der Waals surface area contributed by atoms with Gasteiger partial charge in [0.2, 0.25) is 0 Å². The maximum atomic E-state index is 12.7. The summed E-state index contributed by atoms with van der Waals surface area (Å²) in [5.41, 5.74) is 3.83. The van der Waals surface area contributed by atoms with E-state index in [0.29, 0.717) is 5.69 Å². The van der Waals surface area contributed by atoms with Crippen molar-refractivity contribution in [2.24, 2.45) is 0 Å². The fourth-order valence-corrected chi connectivity index (χ4v) is 2.74. The van der Waals surface area contributed by atoms with Gasteiger partial charge in [0.15, 0.2) is 0 Å². The van der Waals surface area contributed by atoms with Crippen LogP contribution in [0, 0.1) is 0 Å². The van der Waals surface area contributed by atoms with Gasteiger partial charge in [-0.15, -0.1) is 0 Å². The molecule has 1 aromatic carbocycles. The van der Waals surface area contributed by atoms with Crippen molar-refractivity contribution in [2.45, 2.75) is 26.4 Å². The number of aryl methyl sites for hydroxylation is 1. The minimum Gasteiger partial charge on any atom is -0.344 e. The lowest BCUT2D eigenvalue weighted by atomic mass is 10.1. The van der Waals surface area contributed by atoms with Crippen molar-refractivity contribution in [3.05, 3.63) is 78.4 Å². The van der Waals surface area contributed by atoms with E-state index in [1.54, 1.807) is 12.4 Å². The van der Waals surface area contributed by atoms with E-state index in [1.807, 2.05) is 61.0 Å².